The lowest BCUT2D eigenvalue weighted by molar-refractivity contribution is 0.0955. The molecule has 0 bridgehead atoms. The molecule has 0 saturated heterocycles. The summed E-state index contributed by atoms with van der Waals surface area (Å²) in [5.74, 6) is -0.969. The van der Waals surface area contributed by atoms with Gasteiger partial charge >= 0.3 is 0 Å². The van der Waals surface area contributed by atoms with Crippen molar-refractivity contribution in [3.8, 4) is 0 Å². The van der Waals surface area contributed by atoms with E-state index in [1.54, 1.807) is 19.1 Å². The molecule has 1 amide bonds. The first kappa shape index (κ1) is 21.7. The third-order valence-corrected chi connectivity index (χ3v) is 9.50. The third kappa shape index (κ3) is 4.04. The normalized spacial score (nSPS) is 22.7. The van der Waals surface area contributed by atoms with Crippen molar-refractivity contribution >= 4 is 44.5 Å². The summed E-state index contributed by atoms with van der Waals surface area (Å²) < 4.78 is 37.2. The Morgan fingerprint density at radius 2 is 1.93 bits per heavy atom. The first-order valence-corrected chi connectivity index (χ1v) is 11.6. The molecule has 0 saturated carbocycles. The molecule has 0 fully saturated rings. The summed E-state index contributed by atoms with van der Waals surface area (Å²) in [5.41, 5.74) is 5.54. The lowest BCUT2D eigenvalue weighted by Gasteiger charge is -2.37. The highest BCUT2D eigenvalue weighted by Gasteiger charge is 2.49. The number of amidine groups is 1. The van der Waals surface area contributed by atoms with Gasteiger partial charge in [-0.2, -0.15) is 0 Å². The fourth-order valence-corrected chi connectivity index (χ4v) is 6.29. The van der Waals surface area contributed by atoms with Crippen LogP contribution in [0.25, 0.3) is 0 Å². The van der Waals surface area contributed by atoms with Crippen LogP contribution in [-0.4, -0.2) is 30.7 Å². The Labute approximate surface area is 177 Å². The van der Waals surface area contributed by atoms with Crippen LogP contribution in [0, 0.1) is 5.82 Å². The summed E-state index contributed by atoms with van der Waals surface area (Å²) in [6.07, 6.45) is 0. The maximum absolute atomic E-state index is 13.0. The van der Waals surface area contributed by atoms with Crippen LogP contribution in [-0.2, 0) is 21.9 Å². The van der Waals surface area contributed by atoms with Crippen molar-refractivity contribution in [3.05, 3.63) is 56.5 Å². The molecule has 1 aliphatic heterocycles. The molecule has 0 aliphatic carbocycles. The topological polar surface area (TPSA) is 102 Å². The number of carbonyl (C=O) groups excluding carboxylic acids is 1. The number of rotatable bonds is 4. The molecule has 2 heterocycles. The van der Waals surface area contributed by atoms with Crippen LogP contribution in [0.2, 0.25) is 5.02 Å². The van der Waals surface area contributed by atoms with Gasteiger partial charge in [0.05, 0.1) is 20.5 Å². The predicted molar refractivity (Wildman–Crippen MR) is 114 cm³/mol. The van der Waals surface area contributed by atoms with Crippen LogP contribution >= 0.6 is 22.9 Å². The minimum Gasteiger partial charge on any atom is -0.386 e. The van der Waals surface area contributed by atoms with Crippen LogP contribution < -0.4 is 11.1 Å². The minimum atomic E-state index is -3.58. The minimum absolute atomic E-state index is 0.0121. The average molecular weight is 458 g/mol. The molecule has 3 rings (SSSR count). The van der Waals surface area contributed by atoms with Gasteiger partial charge in [-0.3, -0.25) is 9.79 Å². The molecule has 1 aromatic carbocycles. The Morgan fingerprint density at radius 1 is 1.31 bits per heavy atom. The van der Waals surface area contributed by atoms with Gasteiger partial charge in [-0.15, -0.1) is 11.3 Å². The zero-order chi connectivity index (χ0) is 21.6. The molecule has 2 aromatic rings. The van der Waals surface area contributed by atoms with Crippen LogP contribution in [0.4, 0.5) is 4.39 Å². The van der Waals surface area contributed by atoms with E-state index in [0.29, 0.717) is 9.75 Å². The number of nitrogens with one attached hydrogen (secondary N) is 1. The lowest BCUT2D eigenvalue weighted by Crippen LogP contribution is -2.54. The summed E-state index contributed by atoms with van der Waals surface area (Å²) in [6.45, 7) is 4.90. The zero-order valence-electron chi connectivity index (χ0n) is 16.1. The maximum Gasteiger partial charge on any atom is 0.261 e. The summed E-state index contributed by atoms with van der Waals surface area (Å²) in [4.78, 5) is 17.8. The van der Waals surface area contributed by atoms with E-state index >= 15 is 0 Å². The summed E-state index contributed by atoms with van der Waals surface area (Å²) in [5, 5.41) is 3.00. The molecule has 156 valence electrons. The number of carbonyl (C=O) groups is 1. The number of amides is 1. The SMILES string of the molecule is CC1(c2sc(C(=O)NCc3ccc(F)cc3)cc2Cl)CS(=O)(=O)C(C)(C)C(N)=N1. The van der Waals surface area contributed by atoms with E-state index in [2.05, 4.69) is 10.3 Å². The first-order valence-electron chi connectivity index (χ1n) is 8.76. The van der Waals surface area contributed by atoms with Gasteiger partial charge < -0.3 is 11.1 Å². The number of nitrogens with two attached hydrogens (primary N) is 1. The second-order valence-electron chi connectivity index (χ2n) is 7.64. The second kappa shape index (κ2) is 7.37. The fourth-order valence-electron chi connectivity index (χ4n) is 2.98. The number of benzene rings is 1. The highest BCUT2D eigenvalue weighted by Crippen LogP contribution is 2.43. The molecule has 6 nitrogen and oxygen atoms in total. The van der Waals surface area contributed by atoms with E-state index in [1.807, 2.05) is 0 Å². The van der Waals surface area contributed by atoms with Gasteiger partial charge in [0.2, 0.25) is 0 Å². The Kier molecular flexibility index (Phi) is 5.53. The van der Waals surface area contributed by atoms with Gasteiger partial charge in [-0.25, -0.2) is 12.8 Å². The standard InChI is InChI=1S/C19H21ClFN3O3S2/c1-18(2)17(22)24-19(3,10-29(18,26)27)15-13(20)8-14(28-15)16(25)23-9-11-4-6-12(21)7-5-11/h4-8H,9-10H2,1-3H3,(H2,22,24)(H,23,25). The van der Waals surface area contributed by atoms with Gasteiger partial charge in [0.1, 0.15) is 21.9 Å². The van der Waals surface area contributed by atoms with Crippen molar-refractivity contribution in [2.75, 3.05) is 5.75 Å². The van der Waals surface area contributed by atoms with Crippen molar-refractivity contribution in [1.82, 2.24) is 5.32 Å². The first-order chi connectivity index (χ1) is 13.4. The quantitative estimate of drug-likeness (QED) is 0.735. The van der Waals surface area contributed by atoms with E-state index < -0.39 is 20.1 Å². The number of hydrogen-bond donors (Lipinski definition) is 2. The van der Waals surface area contributed by atoms with Gasteiger partial charge in [0.15, 0.2) is 9.84 Å². The molecule has 0 spiro atoms. The van der Waals surface area contributed by atoms with Crippen LogP contribution in [0.5, 0.6) is 0 Å². The highest BCUT2D eigenvalue weighted by atomic mass is 35.5. The van der Waals surface area contributed by atoms with Gasteiger partial charge in [-0.05, 0) is 44.5 Å². The molecular weight excluding hydrogens is 437 g/mol. The Balaban J connectivity index is 1.85. The molecule has 1 aromatic heterocycles. The summed E-state index contributed by atoms with van der Waals surface area (Å²) in [6, 6.07) is 7.28. The largest absolute Gasteiger partial charge is 0.386 e. The molecule has 29 heavy (non-hydrogen) atoms. The summed E-state index contributed by atoms with van der Waals surface area (Å²) >= 11 is 7.42. The highest BCUT2D eigenvalue weighted by molar-refractivity contribution is 7.93. The van der Waals surface area contributed by atoms with Crippen molar-refractivity contribution in [2.24, 2.45) is 10.7 Å². The lowest BCUT2D eigenvalue weighted by atomic mass is 10.0. The third-order valence-electron chi connectivity index (χ3n) is 5.00. The average Bonchev–Trinajstić information content (AvgIpc) is 3.02. The maximum atomic E-state index is 13.0. The van der Waals surface area contributed by atoms with E-state index in [-0.39, 0.29) is 34.9 Å². The van der Waals surface area contributed by atoms with E-state index in [0.717, 1.165) is 16.9 Å². The van der Waals surface area contributed by atoms with E-state index in [4.69, 9.17) is 17.3 Å². The fraction of sp³-hybridized carbons (Fsp3) is 0.368. The van der Waals surface area contributed by atoms with Crippen molar-refractivity contribution in [3.63, 3.8) is 0 Å². The van der Waals surface area contributed by atoms with E-state index in [9.17, 15) is 17.6 Å². The smallest absolute Gasteiger partial charge is 0.261 e. The predicted octanol–water partition coefficient (Wildman–Crippen LogP) is 3.25. The molecule has 3 N–H and O–H groups in total. The van der Waals surface area contributed by atoms with Crippen LogP contribution in [0.15, 0.2) is 35.3 Å². The number of thiophene rings is 1. The molecule has 1 atom stereocenters. The number of sulfone groups is 1. The van der Waals surface area contributed by atoms with Crippen molar-refractivity contribution in [1.29, 1.82) is 0 Å². The Bertz CT molecular complexity index is 1090. The number of halogens is 2. The van der Waals surface area contributed by atoms with Gasteiger partial charge in [0.25, 0.3) is 5.91 Å². The molecule has 10 heteroatoms. The molecular formula is C19H21ClFN3O3S2. The molecule has 1 unspecified atom stereocenters. The monoisotopic (exact) mass is 457 g/mol. The van der Waals surface area contributed by atoms with Crippen LogP contribution in [0.1, 0.15) is 40.9 Å². The summed E-state index contributed by atoms with van der Waals surface area (Å²) in [7, 11) is -3.58. The van der Waals surface area contributed by atoms with Crippen molar-refractivity contribution < 1.29 is 17.6 Å². The van der Waals surface area contributed by atoms with Gasteiger partial charge in [0, 0.05) is 6.54 Å². The van der Waals surface area contributed by atoms with Gasteiger partial charge in [-0.1, -0.05) is 23.7 Å². The Morgan fingerprint density at radius 3 is 2.52 bits per heavy atom. The number of hydrogen-bond acceptors (Lipinski definition) is 6. The molecule has 1 aliphatic rings. The Hall–Kier alpha value is -1.97. The number of aliphatic imine (C=N–C) groups is 1. The zero-order valence-corrected chi connectivity index (χ0v) is 18.5. The molecule has 0 radical (unpaired) electrons. The number of nitrogens with zero attached hydrogens (tertiary/aromatic N) is 1. The van der Waals surface area contributed by atoms with E-state index in [1.165, 1.54) is 32.0 Å². The second-order valence-corrected chi connectivity index (χ2v) is 11.6. The van der Waals surface area contributed by atoms with Crippen molar-refractivity contribution in [2.45, 2.75) is 37.6 Å². The van der Waals surface area contributed by atoms with Crippen LogP contribution in [0.3, 0.4) is 0 Å².